The van der Waals surface area contributed by atoms with Crippen LogP contribution in [0.25, 0.3) is 0 Å². The second kappa shape index (κ2) is 7.88. The number of ether oxygens (including phenoxy) is 1. The predicted octanol–water partition coefficient (Wildman–Crippen LogP) is 2.54. The van der Waals surface area contributed by atoms with Gasteiger partial charge in [0, 0.05) is 24.5 Å². The van der Waals surface area contributed by atoms with Crippen LogP contribution in [-0.2, 0) is 6.54 Å². The summed E-state index contributed by atoms with van der Waals surface area (Å²) in [6.07, 6.45) is 7.46. The molecule has 1 aromatic rings. The minimum Gasteiger partial charge on any atom is -0.493 e. The van der Waals surface area contributed by atoms with Crippen LogP contribution in [-0.4, -0.2) is 18.1 Å². The summed E-state index contributed by atoms with van der Waals surface area (Å²) in [7, 11) is 0. The maximum atomic E-state index is 5.66. The van der Waals surface area contributed by atoms with Gasteiger partial charge in [0.25, 0.3) is 0 Å². The van der Waals surface area contributed by atoms with Gasteiger partial charge in [0.1, 0.15) is 5.75 Å². The largest absolute Gasteiger partial charge is 0.493 e. The SMILES string of the molecule is C=CCCOc1ccncc1CNCCC. The summed E-state index contributed by atoms with van der Waals surface area (Å²) < 4.78 is 5.66. The molecule has 1 aromatic heterocycles. The van der Waals surface area contributed by atoms with Gasteiger partial charge < -0.3 is 10.1 Å². The van der Waals surface area contributed by atoms with Gasteiger partial charge in [-0.15, -0.1) is 6.58 Å². The van der Waals surface area contributed by atoms with Crippen LogP contribution in [0.1, 0.15) is 25.3 Å². The Balaban J connectivity index is 2.49. The molecule has 0 radical (unpaired) electrons. The van der Waals surface area contributed by atoms with Gasteiger partial charge in [-0.3, -0.25) is 4.98 Å². The highest BCUT2D eigenvalue weighted by Gasteiger charge is 2.02. The van der Waals surface area contributed by atoms with E-state index in [1.54, 1.807) is 6.20 Å². The lowest BCUT2D eigenvalue weighted by Gasteiger charge is -2.10. The van der Waals surface area contributed by atoms with Gasteiger partial charge in [0.2, 0.25) is 0 Å². The van der Waals surface area contributed by atoms with Crippen molar-refractivity contribution in [1.82, 2.24) is 10.3 Å². The first kappa shape index (κ1) is 12.7. The van der Waals surface area contributed by atoms with E-state index in [0.717, 1.165) is 37.2 Å². The van der Waals surface area contributed by atoms with E-state index in [4.69, 9.17) is 4.74 Å². The van der Waals surface area contributed by atoms with Crippen molar-refractivity contribution in [1.29, 1.82) is 0 Å². The average Bonchev–Trinajstić information content (AvgIpc) is 2.32. The maximum absolute atomic E-state index is 5.66. The van der Waals surface area contributed by atoms with Crippen LogP contribution in [0.4, 0.5) is 0 Å². The van der Waals surface area contributed by atoms with Crippen molar-refractivity contribution in [2.45, 2.75) is 26.3 Å². The van der Waals surface area contributed by atoms with Crippen molar-refractivity contribution in [3.63, 3.8) is 0 Å². The maximum Gasteiger partial charge on any atom is 0.126 e. The molecule has 16 heavy (non-hydrogen) atoms. The Morgan fingerprint density at radius 1 is 1.56 bits per heavy atom. The summed E-state index contributed by atoms with van der Waals surface area (Å²) in [4.78, 5) is 4.11. The predicted molar refractivity (Wildman–Crippen MR) is 66.5 cm³/mol. The van der Waals surface area contributed by atoms with Gasteiger partial charge in [0.15, 0.2) is 0 Å². The van der Waals surface area contributed by atoms with Crippen LogP contribution in [0, 0.1) is 0 Å². The topological polar surface area (TPSA) is 34.1 Å². The molecule has 0 atom stereocenters. The third-order valence-corrected chi connectivity index (χ3v) is 2.18. The fourth-order valence-corrected chi connectivity index (χ4v) is 1.34. The zero-order valence-electron chi connectivity index (χ0n) is 9.91. The van der Waals surface area contributed by atoms with E-state index in [9.17, 15) is 0 Å². The molecule has 0 unspecified atom stereocenters. The summed E-state index contributed by atoms with van der Waals surface area (Å²) >= 11 is 0. The number of nitrogens with one attached hydrogen (secondary N) is 1. The Bertz CT molecular complexity index is 313. The second-order valence-corrected chi connectivity index (χ2v) is 3.59. The quantitative estimate of drug-likeness (QED) is 0.540. The average molecular weight is 220 g/mol. The van der Waals surface area contributed by atoms with E-state index in [2.05, 4.69) is 23.8 Å². The summed E-state index contributed by atoms with van der Waals surface area (Å²) in [6, 6.07) is 1.91. The van der Waals surface area contributed by atoms with Crippen molar-refractivity contribution in [2.24, 2.45) is 0 Å². The van der Waals surface area contributed by atoms with Crippen molar-refractivity contribution < 1.29 is 4.74 Å². The van der Waals surface area contributed by atoms with Gasteiger partial charge in [-0.05, 0) is 25.5 Å². The first-order chi connectivity index (χ1) is 7.88. The number of rotatable bonds is 8. The highest BCUT2D eigenvalue weighted by atomic mass is 16.5. The number of nitrogens with zero attached hydrogens (tertiary/aromatic N) is 1. The first-order valence-corrected chi connectivity index (χ1v) is 5.75. The first-order valence-electron chi connectivity index (χ1n) is 5.75. The van der Waals surface area contributed by atoms with Crippen LogP contribution >= 0.6 is 0 Å². The number of hydrogen-bond donors (Lipinski definition) is 1. The van der Waals surface area contributed by atoms with Gasteiger partial charge in [0.05, 0.1) is 6.61 Å². The molecule has 1 N–H and O–H groups in total. The number of hydrogen-bond acceptors (Lipinski definition) is 3. The highest BCUT2D eigenvalue weighted by molar-refractivity contribution is 5.29. The van der Waals surface area contributed by atoms with Crippen LogP contribution < -0.4 is 10.1 Å². The van der Waals surface area contributed by atoms with E-state index in [-0.39, 0.29) is 0 Å². The minimum atomic E-state index is 0.675. The van der Waals surface area contributed by atoms with Crippen LogP contribution in [0.2, 0.25) is 0 Å². The van der Waals surface area contributed by atoms with E-state index < -0.39 is 0 Å². The molecule has 1 heterocycles. The monoisotopic (exact) mass is 220 g/mol. The molecule has 0 fully saturated rings. The van der Waals surface area contributed by atoms with Crippen molar-refractivity contribution in [2.75, 3.05) is 13.2 Å². The molecule has 0 amide bonds. The van der Waals surface area contributed by atoms with Crippen LogP contribution in [0.3, 0.4) is 0 Å². The molecule has 1 rings (SSSR count). The Morgan fingerprint density at radius 3 is 3.19 bits per heavy atom. The molecule has 88 valence electrons. The third-order valence-electron chi connectivity index (χ3n) is 2.18. The van der Waals surface area contributed by atoms with Gasteiger partial charge in [-0.2, -0.15) is 0 Å². The molecule has 3 nitrogen and oxygen atoms in total. The number of aromatic nitrogens is 1. The van der Waals surface area contributed by atoms with Crippen molar-refractivity contribution in [3.8, 4) is 5.75 Å². The van der Waals surface area contributed by atoms with E-state index in [1.165, 1.54) is 0 Å². The van der Waals surface area contributed by atoms with Crippen molar-refractivity contribution >= 4 is 0 Å². The molecule has 0 saturated heterocycles. The zero-order valence-corrected chi connectivity index (χ0v) is 9.91. The molecule has 0 aliphatic heterocycles. The van der Waals surface area contributed by atoms with Gasteiger partial charge in [-0.25, -0.2) is 0 Å². The Morgan fingerprint density at radius 2 is 2.44 bits per heavy atom. The fraction of sp³-hybridized carbons (Fsp3) is 0.462. The highest BCUT2D eigenvalue weighted by Crippen LogP contribution is 2.16. The molecule has 0 aliphatic carbocycles. The van der Waals surface area contributed by atoms with E-state index >= 15 is 0 Å². The van der Waals surface area contributed by atoms with Crippen LogP contribution in [0.15, 0.2) is 31.1 Å². The van der Waals surface area contributed by atoms with Gasteiger partial charge in [-0.1, -0.05) is 13.0 Å². The minimum absolute atomic E-state index is 0.675. The molecule has 0 bridgehead atoms. The molecule has 0 aromatic carbocycles. The summed E-state index contributed by atoms with van der Waals surface area (Å²) in [5.41, 5.74) is 1.11. The summed E-state index contributed by atoms with van der Waals surface area (Å²) in [6.45, 7) is 8.32. The van der Waals surface area contributed by atoms with Crippen molar-refractivity contribution in [3.05, 3.63) is 36.7 Å². The normalized spacial score (nSPS) is 10.1. The second-order valence-electron chi connectivity index (χ2n) is 3.59. The Labute approximate surface area is 97.5 Å². The standard InChI is InChI=1S/C13H20N2O/c1-3-5-9-16-13-6-8-15-11-12(13)10-14-7-4-2/h3,6,8,11,14H,1,4-5,7,9-10H2,2H3. The lowest BCUT2D eigenvalue weighted by Crippen LogP contribution is -2.15. The van der Waals surface area contributed by atoms with E-state index in [0.29, 0.717) is 6.61 Å². The zero-order chi connectivity index (χ0) is 11.6. The fourth-order valence-electron chi connectivity index (χ4n) is 1.34. The molecule has 3 heteroatoms. The molecule has 0 spiro atoms. The Kier molecular flexibility index (Phi) is 6.26. The summed E-state index contributed by atoms with van der Waals surface area (Å²) in [5, 5.41) is 3.34. The molecule has 0 aliphatic rings. The number of pyridine rings is 1. The van der Waals surface area contributed by atoms with E-state index in [1.807, 2.05) is 18.3 Å². The molecular formula is C13H20N2O. The van der Waals surface area contributed by atoms with Crippen LogP contribution in [0.5, 0.6) is 5.75 Å². The molecular weight excluding hydrogens is 200 g/mol. The third kappa shape index (κ3) is 4.45. The molecule has 0 saturated carbocycles. The summed E-state index contributed by atoms with van der Waals surface area (Å²) in [5.74, 6) is 0.917. The lowest BCUT2D eigenvalue weighted by atomic mass is 10.2. The Hall–Kier alpha value is -1.35. The lowest BCUT2D eigenvalue weighted by molar-refractivity contribution is 0.320. The smallest absolute Gasteiger partial charge is 0.126 e. The van der Waals surface area contributed by atoms with Gasteiger partial charge >= 0.3 is 0 Å².